The molecule has 1 aliphatic rings. The summed E-state index contributed by atoms with van der Waals surface area (Å²) >= 11 is 0. The molecule has 0 aliphatic carbocycles. The molecule has 53 heavy (non-hydrogen) atoms. The topological polar surface area (TPSA) is 170 Å². The number of nitrogens with two attached hydrogens (primary N) is 1. The summed E-state index contributed by atoms with van der Waals surface area (Å²) in [5.74, 6) is -2.74. The van der Waals surface area contributed by atoms with Crippen molar-refractivity contribution in [2.45, 2.75) is 109 Å². The summed E-state index contributed by atoms with van der Waals surface area (Å²) in [5.41, 5.74) is 5.59. The van der Waals surface area contributed by atoms with Crippen LogP contribution in [0.3, 0.4) is 0 Å². The maximum absolute atomic E-state index is 14.1. The smallest absolute Gasteiger partial charge is 0.329 e. The van der Waals surface area contributed by atoms with E-state index in [1.807, 2.05) is 60.7 Å². The number of hydrogen-bond acceptors (Lipinski definition) is 9. The zero-order chi connectivity index (χ0) is 39.5. The number of methoxy groups -OCH3 is 2. The number of nitrogens with one attached hydrogen (secondary N) is 2. The fourth-order valence-corrected chi connectivity index (χ4v) is 6.62. The van der Waals surface area contributed by atoms with Crippen LogP contribution in [0, 0.1) is 5.92 Å². The van der Waals surface area contributed by atoms with E-state index in [1.54, 1.807) is 53.5 Å². The molecule has 6 atom stereocenters. The first-order valence-electron chi connectivity index (χ1n) is 18.2. The van der Waals surface area contributed by atoms with Gasteiger partial charge in [0.2, 0.25) is 23.6 Å². The number of carbonyl (C=O) groups is 5. The van der Waals surface area contributed by atoms with Gasteiger partial charge in [-0.15, -0.1) is 0 Å². The third kappa shape index (κ3) is 12.4. The lowest BCUT2D eigenvalue weighted by Gasteiger charge is -2.37. The number of carbonyl (C=O) groups excluding carboxylic acids is 5. The third-order valence-electron chi connectivity index (χ3n) is 9.44. The lowest BCUT2D eigenvalue weighted by molar-refractivity contribution is -0.159. The zero-order valence-electron chi connectivity index (χ0n) is 32.7. The summed E-state index contributed by atoms with van der Waals surface area (Å²) in [6, 6.07) is 16.6. The standard InChI is InChI=1S/C40H59N5O8/c1-26(36(48)43-29(37(49)53-39(2,3)4)23-27-17-12-10-13-18-27)35(52-9)30-21-16-22-45(30)32(46)24-31(51-8)34(28-19-14-11-15-20-28)44(7)33(47)25-42-38(50)40(5,6)41/h10-15,17-20,26,29-31,34-35H,16,21-25,41H2,1-9H3,(H,42,50)(H,43,48). The number of hydrogen-bond donors (Lipinski definition) is 3. The molecule has 1 aliphatic heterocycles. The predicted molar refractivity (Wildman–Crippen MR) is 201 cm³/mol. The summed E-state index contributed by atoms with van der Waals surface area (Å²) in [7, 11) is 4.62. The molecule has 6 unspecified atom stereocenters. The quantitative estimate of drug-likeness (QED) is 0.207. The second-order valence-electron chi connectivity index (χ2n) is 15.3. The molecule has 4 amide bonds. The molecule has 0 saturated carbocycles. The van der Waals surface area contributed by atoms with E-state index in [0.717, 1.165) is 11.1 Å². The van der Waals surface area contributed by atoms with Crippen molar-refractivity contribution in [1.82, 2.24) is 20.4 Å². The van der Waals surface area contributed by atoms with Gasteiger partial charge in [-0.25, -0.2) is 4.79 Å². The van der Waals surface area contributed by atoms with Crippen LogP contribution in [0.25, 0.3) is 0 Å². The summed E-state index contributed by atoms with van der Waals surface area (Å²) in [5, 5.41) is 5.50. The first-order valence-corrected chi connectivity index (χ1v) is 18.2. The SMILES string of the molecule is COC(CC(=O)N1CCCC1C(OC)C(C)C(=O)NC(Cc1ccccc1)C(=O)OC(C)(C)C)C(c1ccccc1)N(C)C(=O)CNC(=O)C(C)(C)N. The summed E-state index contributed by atoms with van der Waals surface area (Å²) in [6.07, 6.45) is 0.0563. The van der Waals surface area contributed by atoms with Crippen LogP contribution in [0.2, 0.25) is 0 Å². The molecule has 0 aromatic heterocycles. The fourth-order valence-electron chi connectivity index (χ4n) is 6.62. The maximum Gasteiger partial charge on any atom is 0.329 e. The number of nitrogens with zero attached hydrogens (tertiary/aromatic N) is 2. The number of rotatable bonds is 17. The Hall–Kier alpha value is -4.33. The van der Waals surface area contributed by atoms with Gasteiger partial charge in [0.15, 0.2) is 0 Å². The van der Waals surface area contributed by atoms with Gasteiger partial charge in [-0.05, 0) is 58.6 Å². The molecular formula is C40H59N5O8. The van der Waals surface area contributed by atoms with Gasteiger partial charge in [0.1, 0.15) is 11.6 Å². The Kier molecular flexibility index (Phi) is 15.5. The van der Waals surface area contributed by atoms with E-state index in [2.05, 4.69) is 10.6 Å². The van der Waals surface area contributed by atoms with Crippen molar-refractivity contribution in [1.29, 1.82) is 0 Å². The van der Waals surface area contributed by atoms with Gasteiger partial charge in [-0.1, -0.05) is 67.6 Å². The van der Waals surface area contributed by atoms with Crippen LogP contribution in [0.1, 0.15) is 78.0 Å². The molecule has 2 aromatic carbocycles. The van der Waals surface area contributed by atoms with Crippen LogP contribution >= 0.6 is 0 Å². The van der Waals surface area contributed by atoms with E-state index in [4.69, 9.17) is 19.9 Å². The van der Waals surface area contributed by atoms with Gasteiger partial charge in [0.05, 0.1) is 48.7 Å². The molecule has 1 heterocycles. The van der Waals surface area contributed by atoms with Crippen LogP contribution in [0.5, 0.6) is 0 Å². The maximum atomic E-state index is 14.1. The predicted octanol–water partition coefficient (Wildman–Crippen LogP) is 3.16. The van der Waals surface area contributed by atoms with Crippen molar-refractivity contribution in [2.75, 3.05) is 34.4 Å². The van der Waals surface area contributed by atoms with Crippen LogP contribution < -0.4 is 16.4 Å². The van der Waals surface area contributed by atoms with Gasteiger partial charge in [0.25, 0.3) is 0 Å². The Morgan fingerprint density at radius 2 is 1.55 bits per heavy atom. The van der Waals surface area contributed by atoms with E-state index in [9.17, 15) is 24.0 Å². The highest BCUT2D eigenvalue weighted by Gasteiger charge is 2.42. The molecule has 0 bridgehead atoms. The van der Waals surface area contributed by atoms with Gasteiger partial charge >= 0.3 is 5.97 Å². The Morgan fingerprint density at radius 3 is 2.09 bits per heavy atom. The van der Waals surface area contributed by atoms with Gasteiger partial charge in [0, 0.05) is 34.2 Å². The molecule has 292 valence electrons. The summed E-state index contributed by atoms with van der Waals surface area (Å²) in [4.78, 5) is 70.2. The largest absolute Gasteiger partial charge is 0.458 e. The van der Waals surface area contributed by atoms with E-state index in [0.29, 0.717) is 19.4 Å². The van der Waals surface area contributed by atoms with Crippen molar-refractivity contribution >= 4 is 29.6 Å². The van der Waals surface area contributed by atoms with Gasteiger partial charge < -0.3 is 40.4 Å². The lowest BCUT2D eigenvalue weighted by Crippen LogP contribution is -2.53. The molecule has 13 heteroatoms. The zero-order valence-corrected chi connectivity index (χ0v) is 32.7. The van der Waals surface area contributed by atoms with E-state index >= 15 is 0 Å². The minimum atomic E-state index is -1.16. The van der Waals surface area contributed by atoms with Crippen molar-refractivity contribution in [2.24, 2.45) is 11.7 Å². The number of amides is 4. The third-order valence-corrected chi connectivity index (χ3v) is 9.44. The highest BCUT2D eigenvalue weighted by atomic mass is 16.6. The average Bonchev–Trinajstić information content (AvgIpc) is 3.59. The van der Waals surface area contributed by atoms with Crippen molar-refractivity contribution in [3.05, 3.63) is 71.8 Å². The molecule has 4 N–H and O–H groups in total. The molecule has 0 spiro atoms. The number of benzene rings is 2. The number of ether oxygens (including phenoxy) is 3. The van der Waals surface area contributed by atoms with E-state index in [-0.39, 0.29) is 31.2 Å². The summed E-state index contributed by atoms with van der Waals surface area (Å²) < 4.78 is 17.5. The van der Waals surface area contributed by atoms with Crippen molar-refractivity contribution in [3.8, 4) is 0 Å². The normalized spacial score (nSPS) is 17.5. The van der Waals surface area contributed by atoms with Gasteiger partial charge in [-0.3, -0.25) is 19.2 Å². The molecule has 0 radical (unpaired) electrons. The number of likely N-dealkylation sites (tertiary alicyclic amines) is 1. The second kappa shape index (κ2) is 19.1. The van der Waals surface area contributed by atoms with E-state index < -0.39 is 65.2 Å². The highest BCUT2D eigenvalue weighted by molar-refractivity contribution is 5.89. The minimum Gasteiger partial charge on any atom is -0.458 e. The van der Waals surface area contributed by atoms with E-state index in [1.165, 1.54) is 19.1 Å². The Balaban J connectivity index is 1.79. The summed E-state index contributed by atoms with van der Waals surface area (Å²) in [6.45, 7) is 10.3. The molecule has 2 aromatic rings. The Bertz CT molecular complexity index is 1530. The van der Waals surface area contributed by atoms with Crippen LogP contribution in [-0.4, -0.2) is 109 Å². The van der Waals surface area contributed by atoms with Crippen molar-refractivity contribution < 1.29 is 38.2 Å². The van der Waals surface area contributed by atoms with Crippen LogP contribution in [0.4, 0.5) is 0 Å². The van der Waals surface area contributed by atoms with Crippen LogP contribution in [0.15, 0.2) is 60.7 Å². The Morgan fingerprint density at radius 1 is 0.943 bits per heavy atom. The molecule has 1 fully saturated rings. The van der Waals surface area contributed by atoms with Crippen molar-refractivity contribution in [3.63, 3.8) is 0 Å². The average molecular weight is 738 g/mol. The van der Waals surface area contributed by atoms with Crippen LogP contribution in [-0.2, 0) is 44.6 Å². The first kappa shape index (κ1) is 43.1. The Labute approximate surface area is 314 Å². The second-order valence-corrected chi connectivity index (χ2v) is 15.3. The molecule has 1 saturated heterocycles. The number of esters is 1. The fraction of sp³-hybridized carbons (Fsp3) is 0.575. The number of likely N-dealkylation sites (N-methyl/N-ethyl adjacent to an activating group) is 1. The monoisotopic (exact) mass is 737 g/mol. The first-order chi connectivity index (χ1) is 24.9. The molecule has 3 rings (SSSR count). The lowest BCUT2D eigenvalue weighted by atomic mass is 9.93. The highest BCUT2D eigenvalue weighted by Crippen LogP contribution is 2.31. The van der Waals surface area contributed by atoms with Gasteiger partial charge in [-0.2, -0.15) is 0 Å². The minimum absolute atomic E-state index is 0.0683. The molecular weight excluding hydrogens is 678 g/mol. The molecule has 13 nitrogen and oxygen atoms in total.